The van der Waals surface area contributed by atoms with Crippen molar-refractivity contribution < 1.29 is 4.92 Å². The van der Waals surface area contributed by atoms with Crippen LogP contribution in [0.25, 0.3) is 0 Å². The molecule has 84 valence electrons. The van der Waals surface area contributed by atoms with Crippen LogP contribution in [0.3, 0.4) is 0 Å². The molecule has 1 atom stereocenters. The van der Waals surface area contributed by atoms with Crippen LogP contribution in [0.5, 0.6) is 0 Å². The van der Waals surface area contributed by atoms with Crippen molar-refractivity contribution in [2.24, 2.45) is 0 Å². The van der Waals surface area contributed by atoms with Crippen LogP contribution in [-0.2, 0) is 0 Å². The van der Waals surface area contributed by atoms with E-state index in [1.807, 2.05) is 12.1 Å². The molecule has 0 saturated heterocycles. The first kappa shape index (κ1) is 10.9. The normalized spacial score (nSPS) is 16.9. The lowest BCUT2D eigenvalue weighted by Gasteiger charge is -2.12. The van der Waals surface area contributed by atoms with E-state index >= 15 is 0 Å². The van der Waals surface area contributed by atoms with Gasteiger partial charge in [0.1, 0.15) is 0 Å². The van der Waals surface area contributed by atoms with Gasteiger partial charge in [0.05, 0.1) is 4.92 Å². The average Bonchev–Trinajstić information content (AvgIpc) is 2.81. The molecule has 2 rings (SSSR count). The van der Waals surface area contributed by atoms with Crippen LogP contribution in [0, 0.1) is 10.1 Å². The molecule has 0 N–H and O–H groups in total. The van der Waals surface area contributed by atoms with Crippen molar-refractivity contribution in [3.63, 3.8) is 0 Å². The summed E-state index contributed by atoms with van der Waals surface area (Å²) < 4.78 is 0. The maximum atomic E-state index is 10.5. The van der Waals surface area contributed by atoms with E-state index < -0.39 is 0 Å². The number of rotatable bonds is 3. The van der Waals surface area contributed by atoms with Gasteiger partial charge in [-0.25, -0.2) is 0 Å². The van der Waals surface area contributed by atoms with Crippen LogP contribution in [0.1, 0.15) is 37.7 Å². The maximum absolute atomic E-state index is 10.5. The van der Waals surface area contributed by atoms with E-state index in [0.29, 0.717) is 5.92 Å². The van der Waals surface area contributed by atoms with Crippen LogP contribution in [0.2, 0.25) is 0 Å². The summed E-state index contributed by atoms with van der Waals surface area (Å²) in [5.41, 5.74) is 2.80. The highest BCUT2D eigenvalue weighted by molar-refractivity contribution is 5.37. The predicted molar refractivity (Wildman–Crippen MR) is 63.4 cm³/mol. The van der Waals surface area contributed by atoms with Crippen LogP contribution < -0.4 is 0 Å². The molecule has 0 saturated carbocycles. The molecule has 0 bridgehead atoms. The second-order valence-electron chi connectivity index (χ2n) is 4.24. The van der Waals surface area contributed by atoms with Crippen molar-refractivity contribution in [2.45, 2.75) is 32.1 Å². The Morgan fingerprint density at radius 2 is 2.00 bits per heavy atom. The van der Waals surface area contributed by atoms with Gasteiger partial charge in [-0.15, -0.1) is 0 Å². The van der Waals surface area contributed by atoms with Gasteiger partial charge < -0.3 is 0 Å². The molecule has 0 radical (unpaired) electrons. The fraction of sp³-hybridized carbons (Fsp3) is 0.385. The van der Waals surface area contributed by atoms with Crippen LogP contribution >= 0.6 is 0 Å². The van der Waals surface area contributed by atoms with E-state index in [2.05, 4.69) is 13.0 Å². The molecule has 1 aliphatic carbocycles. The highest BCUT2D eigenvalue weighted by Gasteiger charge is 2.15. The minimum atomic E-state index is -0.358. The largest absolute Gasteiger partial charge is 0.269 e. The van der Waals surface area contributed by atoms with E-state index in [1.54, 1.807) is 12.1 Å². The standard InChI is InChI=1S/C13H15NO2/c1-10(11-4-2-3-5-11)12-6-8-13(9-7-12)14(15)16/h4,6-10H,2-3,5H2,1H3. The zero-order valence-electron chi connectivity index (χ0n) is 9.35. The topological polar surface area (TPSA) is 43.1 Å². The summed E-state index contributed by atoms with van der Waals surface area (Å²) in [6, 6.07) is 6.90. The fourth-order valence-corrected chi connectivity index (χ4v) is 2.19. The summed E-state index contributed by atoms with van der Waals surface area (Å²) in [5, 5.41) is 10.5. The van der Waals surface area contributed by atoms with Gasteiger partial charge in [-0.3, -0.25) is 10.1 Å². The number of nitro benzene ring substituents is 1. The SMILES string of the molecule is CC(C1=CCCC1)c1ccc([N+](=O)[O-])cc1. The average molecular weight is 217 g/mol. The minimum absolute atomic E-state index is 0.163. The van der Waals surface area contributed by atoms with Gasteiger partial charge in [0, 0.05) is 18.1 Å². The predicted octanol–water partition coefficient (Wildman–Crippen LogP) is 3.81. The molecule has 0 amide bonds. The molecule has 0 fully saturated rings. The van der Waals surface area contributed by atoms with E-state index in [-0.39, 0.29) is 10.6 Å². The first-order chi connectivity index (χ1) is 7.68. The maximum Gasteiger partial charge on any atom is 0.269 e. The lowest BCUT2D eigenvalue weighted by atomic mass is 9.92. The summed E-state index contributed by atoms with van der Waals surface area (Å²) in [6.45, 7) is 2.16. The molecule has 1 aliphatic rings. The monoisotopic (exact) mass is 217 g/mol. The third kappa shape index (κ3) is 2.13. The molecule has 1 aromatic carbocycles. The number of benzene rings is 1. The zero-order valence-corrected chi connectivity index (χ0v) is 9.35. The molecule has 0 aromatic heterocycles. The van der Waals surface area contributed by atoms with Crippen LogP contribution in [-0.4, -0.2) is 4.92 Å². The second-order valence-corrected chi connectivity index (χ2v) is 4.24. The minimum Gasteiger partial charge on any atom is -0.258 e. The van der Waals surface area contributed by atoms with Crippen molar-refractivity contribution in [1.82, 2.24) is 0 Å². The Balaban J connectivity index is 2.18. The van der Waals surface area contributed by atoms with E-state index in [1.165, 1.54) is 24.0 Å². The Bertz CT molecular complexity index is 420. The fourth-order valence-electron chi connectivity index (χ4n) is 2.19. The number of nitro groups is 1. The molecule has 1 unspecified atom stereocenters. The van der Waals surface area contributed by atoms with Gasteiger partial charge in [-0.1, -0.05) is 30.7 Å². The van der Waals surface area contributed by atoms with Crippen molar-refractivity contribution in [2.75, 3.05) is 0 Å². The van der Waals surface area contributed by atoms with Crippen LogP contribution in [0.15, 0.2) is 35.9 Å². The van der Waals surface area contributed by atoms with Gasteiger partial charge in [-0.2, -0.15) is 0 Å². The first-order valence-electron chi connectivity index (χ1n) is 5.62. The molecule has 0 aliphatic heterocycles. The number of non-ortho nitro benzene ring substituents is 1. The van der Waals surface area contributed by atoms with Crippen molar-refractivity contribution in [3.8, 4) is 0 Å². The van der Waals surface area contributed by atoms with Gasteiger partial charge in [0.25, 0.3) is 5.69 Å². The molecule has 16 heavy (non-hydrogen) atoms. The van der Waals surface area contributed by atoms with Gasteiger partial charge >= 0.3 is 0 Å². The summed E-state index contributed by atoms with van der Waals surface area (Å²) in [4.78, 5) is 10.2. The van der Waals surface area contributed by atoms with Crippen molar-refractivity contribution in [3.05, 3.63) is 51.6 Å². The molecular formula is C13H15NO2. The molecule has 3 nitrogen and oxygen atoms in total. The number of nitrogens with zero attached hydrogens (tertiary/aromatic N) is 1. The highest BCUT2D eigenvalue weighted by Crippen LogP contribution is 2.32. The van der Waals surface area contributed by atoms with Crippen molar-refractivity contribution >= 4 is 5.69 Å². The van der Waals surface area contributed by atoms with Gasteiger partial charge in [0.2, 0.25) is 0 Å². The Labute approximate surface area is 94.9 Å². The summed E-state index contributed by atoms with van der Waals surface area (Å²) in [7, 11) is 0. The summed E-state index contributed by atoms with van der Waals surface area (Å²) >= 11 is 0. The molecule has 0 heterocycles. The summed E-state index contributed by atoms with van der Waals surface area (Å²) in [5.74, 6) is 0.392. The van der Waals surface area contributed by atoms with Crippen LogP contribution in [0.4, 0.5) is 5.69 Å². The molecule has 0 spiro atoms. The Kier molecular flexibility index (Phi) is 3.04. The molecule has 1 aromatic rings. The quantitative estimate of drug-likeness (QED) is 0.439. The van der Waals surface area contributed by atoms with Gasteiger partial charge in [0.15, 0.2) is 0 Å². The van der Waals surface area contributed by atoms with Crippen molar-refractivity contribution in [1.29, 1.82) is 0 Å². The Morgan fingerprint density at radius 3 is 2.50 bits per heavy atom. The Morgan fingerprint density at radius 1 is 1.31 bits per heavy atom. The first-order valence-corrected chi connectivity index (χ1v) is 5.62. The molecular weight excluding hydrogens is 202 g/mol. The van der Waals surface area contributed by atoms with Gasteiger partial charge in [-0.05, 0) is 24.8 Å². The van der Waals surface area contributed by atoms with E-state index in [0.717, 1.165) is 6.42 Å². The zero-order chi connectivity index (χ0) is 11.5. The number of hydrogen-bond donors (Lipinski definition) is 0. The Hall–Kier alpha value is -1.64. The lowest BCUT2D eigenvalue weighted by molar-refractivity contribution is -0.384. The van der Waals surface area contributed by atoms with E-state index in [9.17, 15) is 10.1 Å². The van der Waals surface area contributed by atoms with E-state index in [4.69, 9.17) is 0 Å². The third-order valence-electron chi connectivity index (χ3n) is 3.24. The lowest BCUT2D eigenvalue weighted by Crippen LogP contribution is -1.96. The molecule has 3 heteroatoms. The number of allylic oxidation sites excluding steroid dienone is 2. The third-order valence-corrected chi connectivity index (χ3v) is 3.24. The second kappa shape index (κ2) is 4.47. The summed E-state index contributed by atoms with van der Waals surface area (Å²) in [6.07, 6.45) is 5.88. The number of hydrogen-bond acceptors (Lipinski definition) is 2. The highest BCUT2D eigenvalue weighted by atomic mass is 16.6. The smallest absolute Gasteiger partial charge is 0.258 e.